The third kappa shape index (κ3) is 2.41. The van der Waals surface area contributed by atoms with Crippen LogP contribution in [0.3, 0.4) is 0 Å². The Labute approximate surface area is 85.8 Å². The molecule has 0 saturated heterocycles. The summed E-state index contributed by atoms with van der Waals surface area (Å²) < 4.78 is 10.6. The molecule has 0 N–H and O–H groups in total. The van der Waals surface area contributed by atoms with E-state index >= 15 is 0 Å². The Morgan fingerprint density at radius 1 is 1.07 bits per heavy atom. The van der Waals surface area contributed by atoms with E-state index in [2.05, 4.69) is 6.92 Å². The molecule has 0 unspecified atom stereocenters. The van der Waals surface area contributed by atoms with E-state index in [1.165, 1.54) is 12.0 Å². The second-order valence-corrected chi connectivity index (χ2v) is 3.24. The van der Waals surface area contributed by atoms with E-state index in [-0.39, 0.29) is 0 Å². The molecule has 78 valence electrons. The topological polar surface area (TPSA) is 18.5 Å². The van der Waals surface area contributed by atoms with E-state index in [0.717, 1.165) is 24.3 Å². The van der Waals surface area contributed by atoms with Crippen molar-refractivity contribution in [3.05, 3.63) is 23.8 Å². The molecule has 2 heteroatoms. The van der Waals surface area contributed by atoms with Gasteiger partial charge in [-0.15, -0.1) is 0 Å². The minimum atomic E-state index is 0.929. The van der Waals surface area contributed by atoms with Gasteiger partial charge < -0.3 is 9.47 Å². The van der Waals surface area contributed by atoms with E-state index in [0.29, 0.717) is 0 Å². The molecular formula is C12H18O2. The molecular weight excluding hydrogens is 176 g/mol. The van der Waals surface area contributed by atoms with Gasteiger partial charge in [-0.25, -0.2) is 0 Å². The second kappa shape index (κ2) is 5.53. The van der Waals surface area contributed by atoms with Crippen LogP contribution in [0.15, 0.2) is 18.2 Å². The van der Waals surface area contributed by atoms with Crippen LogP contribution < -0.4 is 9.47 Å². The van der Waals surface area contributed by atoms with Crippen LogP contribution in [0.25, 0.3) is 0 Å². The molecule has 0 atom stereocenters. The number of benzene rings is 1. The van der Waals surface area contributed by atoms with Gasteiger partial charge in [0, 0.05) is 5.56 Å². The van der Waals surface area contributed by atoms with Crippen molar-refractivity contribution in [3.8, 4) is 11.5 Å². The smallest absolute Gasteiger partial charge is 0.125 e. The summed E-state index contributed by atoms with van der Waals surface area (Å²) in [6.07, 6.45) is 3.36. The van der Waals surface area contributed by atoms with E-state index in [1.54, 1.807) is 14.2 Å². The summed E-state index contributed by atoms with van der Waals surface area (Å²) in [6, 6.07) is 5.91. The standard InChI is InChI=1S/C12H18O2/c1-4-5-7-10-11(13-2)8-6-9-12(10)14-3/h6,8-9H,4-5,7H2,1-3H3. The summed E-state index contributed by atoms with van der Waals surface area (Å²) in [5.74, 6) is 1.86. The zero-order chi connectivity index (χ0) is 10.4. The fourth-order valence-electron chi connectivity index (χ4n) is 1.53. The average molecular weight is 194 g/mol. The van der Waals surface area contributed by atoms with Crippen molar-refractivity contribution in [2.45, 2.75) is 26.2 Å². The predicted octanol–water partition coefficient (Wildman–Crippen LogP) is 3.05. The lowest BCUT2D eigenvalue weighted by Crippen LogP contribution is -1.96. The zero-order valence-corrected chi connectivity index (χ0v) is 9.17. The Morgan fingerprint density at radius 2 is 1.64 bits per heavy atom. The number of methoxy groups -OCH3 is 2. The SMILES string of the molecule is CCCCc1c(OC)cccc1OC. The molecule has 1 aromatic carbocycles. The minimum absolute atomic E-state index is 0.929. The van der Waals surface area contributed by atoms with Crippen molar-refractivity contribution in [1.29, 1.82) is 0 Å². The van der Waals surface area contributed by atoms with E-state index in [1.807, 2.05) is 18.2 Å². The van der Waals surface area contributed by atoms with Gasteiger partial charge in [0.15, 0.2) is 0 Å². The molecule has 0 aliphatic rings. The van der Waals surface area contributed by atoms with E-state index in [4.69, 9.17) is 9.47 Å². The fourth-order valence-corrected chi connectivity index (χ4v) is 1.53. The lowest BCUT2D eigenvalue weighted by atomic mass is 10.1. The average Bonchev–Trinajstić information content (AvgIpc) is 2.25. The van der Waals surface area contributed by atoms with Gasteiger partial charge in [0.2, 0.25) is 0 Å². The Morgan fingerprint density at radius 3 is 2.07 bits per heavy atom. The second-order valence-electron chi connectivity index (χ2n) is 3.24. The first-order chi connectivity index (χ1) is 6.83. The maximum absolute atomic E-state index is 5.30. The first kappa shape index (κ1) is 10.9. The zero-order valence-electron chi connectivity index (χ0n) is 9.17. The molecule has 0 spiro atoms. The number of hydrogen-bond donors (Lipinski definition) is 0. The number of unbranched alkanes of at least 4 members (excludes halogenated alkanes) is 1. The van der Waals surface area contributed by atoms with Crippen LogP contribution in [0.2, 0.25) is 0 Å². The molecule has 0 amide bonds. The first-order valence-corrected chi connectivity index (χ1v) is 5.03. The lowest BCUT2D eigenvalue weighted by Gasteiger charge is -2.12. The van der Waals surface area contributed by atoms with Gasteiger partial charge in [-0.05, 0) is 25.0 Å². The number of hydrogen-bond acceptors (Lipinski definition) is 2. The molecule has 14 heavy (non-hydrogen) atoms. The van der Waals surface area contributed by atoms with Crippen LogP contribution >= 0.6 is 0 Å². The van der Waals surface area contributed by atoms with Crippen LogP contribution in [0.5, 0.6) is 11.5 Å². The first-order valence-electron chi connectivity index (χ1n) is 5.03. The van der Waals surface area contributed by atoms with E-state index < -0.39 is 0 Å². The summed E-state index contributed by atoms with van der Waals surface area (Å²) in [7, 11) is 3.40. The molecule has 1 aromatic rings. The highest BCUT2D eigenvalue weighted by Crippen LogP contribution is 2.29. The molecule has 0 aliphatic carbocycles. The van der Waals surface area contributed by atoms with Gasteiger partial charge in [-0.1, -0.05) is 19.4 Å². The van der Waals surface area contributed by atoms with Crippen molar-refractivity contribution >= 4 is 0 Å². The molecule has 0 bridgehead atoms. The maximum Gasteiger partial charge on any atom is 0.125 e. The van der Waals surface area contributed by atoms with Gasteiger partial charge >= 0.3 is 0 Å². The largest absolute Gasteiger partial charge is 0.496 e. The monoisotopic (exact) mass is 194 g/mol. The molecule has 0 fully saturated rings. The summed E-state index contributed by atoms with van der Waals surface area (Å²) in [5, 5.41) is 0. The Balaban J connectivity index is 2.93. The maximum atomic E-state index is 5.30. The molecule has 0 aliphatic heterocycles. The summed E-state index contributed by atoms with van der Waals surface area (Å²) >= 11 is 0. The van der Waals surface area contributed by atoms with Gasteiger partial charge in [0.25, 0.3) is 0 Å². The Bertz CT molecular complexity index is 259. The molecule has 1 rings (SSSR count). The molecule has 2 nitrogen and oxygen atoms in total. The highest BCUT2D eigenvalue weighted by atomic mass is 16.5. The molecule has 0 aromatic heterocycles. The lowest BCUT2D eigenvalue weighted by molar-refractivity contribution is 0.384. The van der Waals surface area contributed by atoms with Crippen LogP contribution in [0, 0.1) is 0 Å². The quantitative estimate of drug-likeness (QED) is 0.717. The van der Waals surface area contributed by atoms with Crippen LogP contribution in [-0.4, -0.2) is 14.2 Å². The van der Waals surface area contributed by atoms with Crippen molar-refractivity contribution in [2.75, 3.05) is 14.2 Å². The molecule has 0 heterocycles. The Hall–Kier alpha value is -1.18. The summed E-state index contributed by atoms with van der Waals surface area (Å²) in [4.78, 5) is 0. The van der Waals surface area contributed by atoms with Gasteiger partial charge in [-0.3, -0.25) is 0 Å². The van der Waals surface area contributed by atoms with Gasteiger partial charge in [0.05, 0.1) is 14.2 Å². The third-order valence-corrected chi connectivity index (χ3v) is 2.31. The van der Waals surface area contributed by atoms with Gasteiger partial charge in [0.1, 0.15) is 11.5 Å². The molecule has 0 saturated carbocycles. The highest BCUT2D eigenvalue weighted by Gasteiger charge is 2.08. The van der Waals surface area contributed by atoms with Crippen LogP contribution in [0.4, 0.5) is 0 Å². The fraction of sp³-hybridized carbons (Fsp3) is 0.500. The minimum Gasteiger partial charge on any atom is -0.496 e. The van der Waals surface area contributed by atoms with Gasteiger partial charge in [-0.2, -0.15) is 0 Å². The van der Waals surface area contributed by atoms with Crippen molar-refractivity contribution in [3.63, 3.8) is 0 Å². The van der Waals surface area contributed by atoms with Crippen LogP contribution in [-0.2, 0) is 6.42 Å². The third-order valence-electron chi connectivity index (χ3n) is 2.31. The van der Waals surface area contributed by atoms with Crippen molar-refractivity contribution in [1.82, 2.24) is 0 Å². The normalized spacial score (nSPS) is 9.93. The van der Waals surface area contributed by atoms with Crippen LogP contribution in [0.1, 0.15) is 25.3 Å². The van der Waals surface area contributed by atoms with Crippen molar-refractivity contribution in [2.24, 2.45) is 0 Å². The van der Waals surface area contributed by atoms with E-state index in [9.17, 15) is 0 Å². The highest BCUT2D eigenvalue weighted by molar-refractivity contribution is 5.44. The predicted molar refractivity (Wildman–Crippen MR) is 58.2 cm³/mol. The number of rotatable bonds is 5. The Kier molecular flexibility index (Phi) is 4.30. The summed E-state index contributed by atoms with van der Waals surface area (Å²) in [5.41, 5.74) is 1.18. The van der Waals surface area contributed by atoms with Crippen molar-refractivity contribution < 1.29 is 9.47 Å². The summed E-state index contributed by atoms with van der Waals surface area (Å²) in [6.45, 7) is 2.18. The number of ether oxygens (including phenoxy) is 2. The molecule has 0 radical (unpaired) electrons.